The molecule has 2 rings (SSSR count). The third-order valence-corrected chi connectivity index (χ3v) is 4.23. The number of thiophene rings is 1. The predicted octanol–water partition coefficient (Wildman–Crippen LogP) is 3.32. The van der Waals surface area contributed by atoms with Crippen molar-refractivity contribution < 1.29 is 14.7 Å². The van der Waals surface area contributed by atoms with Gasteiger partial charge in [-0.15, -0.1) is 0 Å². The molecule has 0 saturated heterocycles. The number of benzene rings is 1. The Balaban J connectivity index is 2.01. The van der Waals surface area contributed by atoms with E-state index in [2.05, 4.69) is 5.32 Å². The Labute approximate surface area is 133 Å². The van der Waals surface area contributed by atoms with Gasteiger partial charge in [-0.3, -0.25) is 9.59 Å². The molecule has 1 atom stereocenters. The molecule has 0 bridgehead atoms. The molecule has 1 heterocycles. The van der Waals surface area contributed by atoms with Gasteiger partial charge in [-0.25, -0.2) is 0 Å². The molecular formula is C17H19NO3S. The molecule has 1 aromatic heterocycles. The van der Waals surface area contributed by atoms with Gasteiger partial charge >= 0.3 is 5.97 Å². The number of aryl methyl sites for hydroxylation is 2. The zero-order valence-corrected chi connectivity index (χ0v) is 13.2. The van der Waals surface area contributed by atoms with E-state index in [0.717, 1.165) is 16.7 Å². The largest absolute Gasteiger partial charge is 0.481 e. The molecule has 1 unspecified atom stereocenters. The summed E-state index contributed by atoms with van der Waals surface area (Å²) in [6.07, 6.45) is 0.913. The maximum atomic E-state index is 12.1. The summed E-state index contributed by atoms with van der Waals surface area (Å²) < 4.78 is 0. The second kappa shape index (κ2) is 7.75. The monoisotopic (exact) mass is 317 g/mol. The summed E-state index contributed by atoms with van der Waals surface area (Å²) in [6, 6.07) is 9.04. The molecule has 0 saturated carbocycles. The first kappa shape index (κ1) is 16.2. The lowest BCUT2D eigenvalue weighted by atomic mass is 9.98. The minimum Gasteiger partial charge on any atom is -0.481 e. The summed E-state index contributed by atoms with van der Waals surface area (Å²) in [4.78, 5) is 23.2. The number of carboxylic acid groups (broad SMARTS) is 1. The van der Waals surface area contributed by atoms with Crippen molar-refractivity contribution in [3.63, 3.8) is 0 Å². The van der Waals surface area contributed by atoms with E-state index in [4.69, 9.17) is 5.11 Å². The standard InChI is InChI=1S/C17H19NO3S/c1-12-4-2-3-5-14(12)15(10-17(20)21)18-16(19)7-6-13-8-9-22-11-13/h2-5,8-9,11,15H,6-7,10H2,1H3,(H,18,19)(H,20,21). The van der Waals surface area contributed by atoms with E-state index < -0.39 is 12.0 Å². The van der Waals surface area contributed by atoms with Crippen molar-refractivity contribution in [3.05, 3.63) is 57.8 Å². The molecule has 4 nitrogen and oxygen atoms in total. The molecule has 1 aromatic carbocycles. The SMILES string of the molecule is Cc1ccccc1C(CC(=O)O)NC(=O)CCc1ccsc1. The first-order valence-corrected chi connectivity index (χ1v) is 8.08. The Morgan fingerprint density at radius 2 is 2.05 bits per heavy atom. The molecule has 116 valence electrons. The number of carboxylic acids is 1. The van der Waals surface area contributed by atoms with Crippen molar-refractivity contribution in [3.8, 4) is 0 Å². The van der Waals surface area contributed by atoms with Crippen molar-refractivity contribution in [2.24, 2.45) is 0 Å². The lowest BCUT2D eigenvalue weighted by molar-refractivity contribution is -0.137. The number of hydrogen-bond donors (Lipinski definition) is 2. The highest BCUT2D eigenvalue weighted by Crippen LogP contribution is 2.21. The number of nitrogens with one attached hydrogen (secondary N) is 1. The van der Waals surface area contributed by atoms with Crippen LogP contribution in [0.2, 0.25) is 0 Å². The average molecular weight is 317 g/mol. The summed E-state index contributed by atoms with van der Waals surface area (Å²) in [6.45, 7) is 1.92. The summed E-state index contributed by atoms with van der Waals surface area (Å²) in [5, 5.41) is 15.9. The van der Waals surface area contributed by atoms with E-state index in [-0.39, 0.29) is 12.3 Å². The Morgan fingerprint density at radius 3 is 2.68 bits per heavy atom. The predicted molar refractivity (Wildman–Crippen MR) is 87.0 cm³/mol. The van der Waals surface area contributed by atoms with Crippen LogP contribution in [0.4, 0.5) is 0 Å². The molecule has 0 aliphatic heterocycles. The molecule has 0 spiro atoms. The second-order valence-corrected chi connectivity index (χ2v) is 5.99. The zero-order valence-electron chi connectivity index (χ0n) is 12.4. The van der Waals surface area contributed by atoms with Gasteiger partial charge in [-0.2, -0.15) is 11.3 Å². The Bertz CT molecular complexity index is 637. The van der Waals surface area contributed by atoms with Crippen LogP contribution in [-0.2, 0) is 16.0 Å². The molecule has 0 aliphatic rings. The Kier molecular flexibility index (Phi) is 5.72. The molecule has 5 heteroatoms. The Morgan fingerprint density at radius 1 is 1.27 bits per heavy atom. The maximum Gasteiger partial charge on any atom is 0.305 e. The normalized spacial score (nSPS) is 11.9. The second-order valence-electron chi connectivity index (χ2n) is 5.21. The van der Waals surface area contributed by atoms with Crippen LogP contribution in [0.3, 0.4) is 0 Å². The highest BCUT2D eigenvalue weighted by Gasteiger charge is 2.19. The van der Waals surface area contributed by atoms with Crippen molar-refractivity contribution in [1.82, 2.24) is 5.32 Å². The third kappa shape index (κ3) is 4.70. The van der Waals surface area contributed by atoms with Gasteiger partial charge in [-0.05, 0) is 46.9 Å². The van der Waals surface area contributed by atoms with Crippen molar-refractivity contribution in [2.75, 3.05) is 0 Å². The number of rotatable bonds is 7. The maximum absolute atomic E-state index is 12.1. The topological polar surface area (TPSA) is 66.4 Å². The van der Waals surface area contributed by atoms with Gasteiger partial charge in [0.25, 0.3) is 0 Å². The molecule has 1 amide bonds. The molecule has 2 N–H and O–H groups in total. The quantitative estimate of drug-likeness (QED) is 0.823. The van der Waals surface area contributed by atoms with Gasteiger partial charge in [0, 0.05) is 6.42 Å². The van der Waals surface area contributed by atoms with Gasteiger partial charge in [0.05, 0.1) is 12.5 Å². The smallest absolute Gasteiger partial charge is 0.305 e. The zero-order chi connectivity index (χ0) is 15.9. The number of carbonyl (C=O) groups excluding carboxylic acids is 1. The fourth-order valence-electron chi connectivity index (χ4n) is 2.35. The van der Waals surface area contributed by atoms with E-state index in [1.165, 1.54) is 0 Å². The number of hydrogen-bond acceptors (Lipinski definition) is 3. The Hall–Kier alpha value is -2.14. The van der Waals surface area contributed by atoms with Gasteiger partial charge in [0.15, 0.2) is 0 Å². The van der Waals surface area contributed by atoms with Crippen LogP contribution >= 0.6 is 11.3 Å². The summed E-state index contributed by atoms with van der Waals surface area (Å²) in [5.74, 6) is -1.05. The van der Waals surface area contributed by atoms with Crippen LogP contribution in [0.1, 0.15) is 35.6 Å². The van der Waals surface area contributed by atoms with Crippen LogP contribution in [0.5, 0.6) is 0 Å². The van der Waals surface area contributed by atoms with Gasteiger partial charge < -0.3 is 10.4 Å². The van der Waals surface area contributed by atoms with Crippen LogP contribution in [0, 0.1) is 6.92 Å². The van der Waals surface area contributed by atoms with Crippen LogP contribution in [0.15, 0.2) is 41.1 Å². The summed E-state index contributed by atoms with van der Waals surface area (Å²) in [5.41, 5.74) is 2.96. The third-order valence-electron chi connectivity index (χ3n) is 3.50. The average Bonchev–Trinajstić information content (AvgIpc) is 2.98. The first-order chi connectivity index (χ1) is 10.6. The minimum absolute atomic E-state index is 0.116. The lowest BCUT2D eigenvalue weighted by Crippen LogP contribution is -2.30. The number of aliphatic carboxylic acids is 1. The van der Waals surface area contributed by atoms with Crippen molar-refractivity contribution in [2.45, 2.75) is 32.2 Å². The fourth-order valence-corrected chi connectivity index (χ4v) is 3.05. The number of amides is 1. The first-order valence-electron chi connectivity index (χ1n) is 7.14. The van der Waals surface area contributed by atoms with Gasteiger partial charge in [0.1, 0.15) is 0 Å². The van der Waals surface area contributed by atoms with E-state index in [9.17, 15) is 9.59 Å². The summed E-state index contributed by atoms with van der Waals surface area (Å²) >= 11 is 1.60. The van der Waals surface area contributed by atoms with Crippen LogP contribution in [0.25, 0.3) is 0 Å². The van der Waals surface area contributed by atoms with E-state index >= 15 is 0 Å². The van der Waals surface area contributed by atoms with E-state index in [1.807, 2.05) is 48.0 Å². The fraction of sp³-hybridized carbons (Fsp3) is 0.294. The van der Waals surface area contributed by atoms with E-state index in [0.29, 0.717) is 12.8 Å². The van der Waals surface area contributed by atoms with Gasteiger partial charge in [0.2, 0.25) is 5.91 Å². The molecule has 0 radical (unpaired) electrons. The highest BCUT2D eigenvalue weighted by molar-refractivity contribution is 7.07. The van der Waals surface area contributed by atoms with Gasteiger partial charge in [-0.1, -0.05) is 24.3 Å². The minimum atomic E-state index is -0.925. The van der Waals surface area contributed by atoms with Crippen molar-refractivity contribution >= 4 is 23.2 Å². The van der Waals surface area contributed by atoms with Crippen molar-refractivity contribution in [1.29, 1.82) is 0 Å². The van der Waals surface area contributed by atoms with Crippen LogP contribution < -0.4 is 5.32 Å². The number of carbonyl (C=O) groups is 2. The summed E-state index contributed by atoms with van der Waals surface area (Å²) in [7, 11) is 0. The highest BCUT2D eigenvalue weighted by atomic mass is 32.1. The molecule has 0 aliphatic carbocycles. The van der Waals surface area contributed by atoms with E-state index in [1.54, 1.807) is 11.3 Å². The molecule has 22 heavy (non-hydrogen) atoms. The lowest BCUT2D eigenvalue weighted by Gasteiger charge is -2.19. The van der Waals surface area contributed by atoms with Crippen LogP contribution in [-0.4, -0.2) is 17.0 Å². The molecular weight excluding hydrogens is 298 g/mol. The molecule has 2 aromatic rings. The molecule has 0 fully saturated rings.